The highest BCUT2D eigenvalue weighted by molar-refractivity contribution is 5.98. The summed E-state index contributed by atoms with van der Waals surface area (Å²) in [5, 5.41) is 0. The minimum Gasteiger partial charge on any atom is -0.497 e. The summed E-state index contributed by atoms with van der Waals surface area (Å²) in [5.41, 5.74) is 7.33. The minimum atomic E-state index is -0.516. The zero-order valence-corrected chi connectivity index (χ0v) is 12.0. The molecule has 0 amide bonds. The highest BCUT2D eigenvalue weighted by atomic mass is 16.5. The van der Waals surface area contributed by atoms with Gasteiger partial charge in [-0.15, -0.1) is 0 Å². The second-order valence-electron chi connectivity index (χ2n) is 4.35. The molecule has 2 N–H and O–H groups in total. The molecule has 0 radical (unpaired) electrons. The zero-order chi connectivity index (χ0) is 15.2. The van der Waals surface area contributed by atoms with Gasteiger partial charge in [-0.1, -0.05) is 18.2 Å². The molecule has 0 atom stereocenters. The Bertz CT molecular complexity index is 623. The topological polar surface area (TPSA) is 70.8 Å². The van der Waals surface area contributed by atoms with Gasteiger partial charge in [-0.2, -0.15) is 0 Å². The Morgan fingerprint density at radius 1 is 1.10 bits per heavy atom. The molecule has 0 aliphatic rings. The third-order valence-corrected chi connectivity index (χ3v) is 3.00. The van der Waals surface area contributed by atoms with Crippen molar-refractivity contribution >= 4 is 11.7 Å². The number of nitrogen functional groups attached to an aromatic ring is 1. The SMILES string of the molecule is COC(=O)c1c(N)cccc1OCc1ccc(OC)cc1. The molecule has 0 aliphatic heterocycles. The lowest BCUT2D eigenvalue weighted by Crippen LogP contribution is -2.09. The van der Waals surface area contributed by atoms with E-state index in [1.807, 2.05) is 24.3 Å². The van der Waals surface area contributed by atoms with Gasteiger partial charge in [0.25, 0.3) is 0 Å². The van der Waals surface area contributed by atoms with Gasteiger partial charge in [0.1, 0.15) is 23.7 Å². The first-order chi connectivity index (χ1) is 10.2. The van der Waals surface area contributed by atoms with Crippen LogP contribution >= 0.6 is 0 Å². The summed E-state index contributed by atoms with van der Waals surface area (Å²) in [6, 6.07) is 12.5. The van der Waals surface area contributed by atoms with Crippen LogP contribution in [0.4, 0.5) is 5.69 Å². The number of hydrogen-bond donors (Lipinski definition) is 1. The second-order valence-corrected chi connectivity index (χ2v) is 4.35. The van der Waals surface area contributed by atoms with Crippen molar-refractivity contribution < 1.29 is 19.0 Å². The molecule has 0 unspecified atom stereocenters. The Labute approximate surface area is 123 Å². The summed E-state index contributed by atoms with van der Waals surface area (Å²) >= 11 is 0. The highest BCUT2D eigenvalue weighted by Gasteiger charge is 2.16. The smallest absolute Gasteiger partial charge is 0.343 e. The van der Waals surface area contributed by atoms with Gasteiger partial charge in [0.2, 0.25) is 0 Å². The molecular formula is C16H17NO4. The van der Waals surface area contributed by atoms with Crippen LogP contribution in [0.25, 0.3) is 0 Å². The molecule has 0 aromatic heterocycles. The molecule has 5 nitrogen and oxygen atoms in total. The van der Waals surface area contributed by atoms with Crippen molar-refractivity contribution in [1.82, 2.24) is 0 Å². The standard InChI is InChI=1S/C16H17NO4/c1-19-12-8-6-11(7-9-12)10-21-14-5-3-4-13(17)15(14)16(18)20-2/h3-9H,10,17H2,1-2H3. The molecule has 0 saturated heterocycles. The number of carbonyl (C=O) groups excluding carboxylic acids is 1. The molecule has 0 bridgehead atoms. The second kappa shape index (κ2) is 6.65. The van der Waals surface area contributed by atoms with Crippen LogP contribution in [0.1, 0.15) is 15.9 Å². The van der Waals surface area contributed by atoms with Gasteiger partial charge in [0, 0.05) is 5.69 Å². The van der Waals surface area contributed by atoms with Crippen molar-refractivity contribution in [1.29, 1.82) is 0 Å². The predicted molar refractivity (Wildman–Crippen MR) is 79.5 cm³/mol. The fraction of sp³-hybridized carbons (Fsp3) is 0.188. The van der Waals surface area contributed by atoms with Gasteiger partial charge in [-0.05, 0) is 29.8 Å². The van der Waals surface area contributed by atoms with Crippen LogP contribution in [-0.4, -0.2) is 20.2 Å². The fourth-order valence-electron chi connectivity index (χ4n) is 1.87. The van der Waals surface area contributed by atoms with E-state index in [9.17, 15) is 4.79 Å². The number of benzene rings is 2. The van der Waals surface area contributed by atoms with E-state index in [2.05, 4.69) is 0 Å². The number of ether oxygens (including phenoxy) is 3. The van der Waals surface area contributed by atoms with Gasteiger partial charge in [-0.25, -0.2) is 4.79 Å². The molecule has 2 rings (SSSR count). The van der Waals surface area contributed by atoms with Crippen LogP contribution in [0.3, 0.4) is 0 Å². The predicted octanol–water partition coefficient (Wildman–Crippen LogP) is 2.64. The Balaban J connectivity index is 2.15. The largest absolute Gasteiger partial charge is 0.497 e. The van der Waals surface area contributed by atoms with Crippen molar-refractivity contribution in [3.8, 4) is 11.5 Å². The van der Waals surface area contributed by atoms with Crippen molar-refractivity contribution in [2.24, 2.45) is 0 Å². The summed E-state index contributed by atoms with van der Waals surface area (Å²) < 4.78 is 15.5. The van der Waals surface area contributed by atoms with E-state index in [-0.39, 0.29) is 5.56 Å². The van der Waals surface area contributed by atoms with Gasteiger partial charge in [-0.3, -0.25) is 0 Å². The van der Waals surface area contributed by atoms with E-state index < -0.39 is 5.97 Å². The van der Waals surface area contributed by atoms with Crippen molar-refractivity contribution in [3.05, 3.63) is 53.6 Å². The first-order valence-corrected chi connectivity index (χ1v) is 6.38. The summed E-state index contributed by atoms with van der Waals surface area (Å²) in [4.78, 5) is 11.8. The van der Waals surface area contributed by atoms with Crippen LogP contribution < -0.4 is 15.2 Å². The normalized spacial score (nSPS) is 10.0. The van der Waals surface area contributed by atoms with Gasteiger partial charge < -0.3 is 19.9 Å². The maximum atomic E-state index is 11.8. The molecule has 0 fully saturated rings. The van der Waals surface area contributed by atoms with E-state index in [0.29, 0.717) is 18.0 Å². The number of anilines is 1. The molecule has 2 aromatic rings. The quantitative estimate of drug-likeness (QED) is 0.676. The van der Waals surface area contributed by atoms with E-state index in [4.69, 9.17) is 19.9 Å². The lowest BCUT2D eigenvalue weighted by molar-refractivity contribution is 0.0597. The molecule has 0 heterocycles. The third-order valence-electron chi connectivity index (χ3n) is 3.00. The van der Waals surface area contributed by atoms with E-state index in [1.54, 1.807) is 25.3 Å². The Kier molecular flexibility index (Phi) is 4.66. The summed E-state index contributed by atoms with van der Waals surface area (Å²) in [6.07, 6.45) is 0. The zero-order valence-electron chi connectivity index (χ0n) is 12.0. The summed E-state index contributed by atoms with van der Waals surface area (Å²) in [7, 11) is 2.92. The molecular weight excluding hydrogens is 270 g/mol. The molecule has 110 valence electrons. The molecule has 2 aromatic carbocycles. The van der Waals surface area contributed by atoms with Crippen LogP contribution in [0.2, 0.25) is 0 Å². The van der Waals surface area contributed by atoms with Gasteiger partial charge >= 0.3 is 5.97 Å². The number of rotatable bonds is 5. The van der Waals surface area contributed by atoms with E-state index >= 15 is 0 Å². The first-order valence-electron chi connectivity index (χ1n) is 6.38. The maximum absolute atomic E-state index is 11.8. The first kappa shape index (κ1) is 14.7. The van der Waals surface area contributed by atoms with Crippen LogP contribution in [0.15, 0.2) is 42.5 Å². The highest BCUT2D eigenvalue weighted by Crippen LogP contribution is 2.26. The van der Waals surface area contributed by atoms with Crippen LogP contribution in [-0.2, 0) is 11.3 Å². The van der Waals surface area contributed by atoms with Crippen LogP contribution in [0.5, 0.6) is 11.5 Å². The molecule has 21 heavy (non-hydrogen) atoms. The average molecular weight is 287 g/mol. The molecule has 0 spiro atoms. The average Bonchev–Trinajstić information content (AvgIpc) is 2.52. The number of esters is 1. The lowest BCUT2D eigenvalue weighted by atomic mass is 10.1. The van der Waals surface area contributed by atoms with Gasteiger partial charge in [0.15, 0.2) is 0 Å². The number of nitrogens with two attached hydrogens (primary N) is 1. The number of methoxy groups -OCH3 is 2. The van der Waals surface area contributed by atoms with E-state index in [0.717, 1.165) is 11.3 Å². The van der Waals surface area contributed by atoms with Crippen molar-refractivity contribution in [2.45, 2.75) is 6.61 Å². The number of carbonyl (C=O) groups is 1. The van der Waals surface area contributed by atoms with E-state index in [1.165, 1.54) is 7.11 Å². The summed E-state index contributed by atoms with van der Waals surface area (Å²) in [5.74, 6) is 0.661. The Morgan fingerprint density at radius 2 is 1.81 bits per heavy atom. The monoisotopic (exact) mass is 287 g/mol. The van der Waals surface area contributed by atoms with Crippen molar-refractivity contribution in [2.75, 3.05) is 20.0 Å². The van der Waals surface area contributed by atoms with Gasteiger partial charge in [0.05, 0.1) is 14.2 Å². The minimum absolute atomic E-state index is 0.244. The molecule has 5 heteroatoms. The summed E-state index contributed by atoms with van der Waals surface area (Å²) in [6.45, 7) is 0.317. The van der Waals surface area contributed by atoms with Crippen molar-refractivity contribution in [3.63, 3.8) is 0 Å². The molecule has 0 aliphatic carbocycles. The Hall–Kier alpha value is -2.69. The Morgan fingerprint density at radius 3 is 2.43 bits per heavy atom. The maximum Gasteiger partial charge on any atom is 0.343 e. The molecule has 0 saturated carbocycles. The number of hydrogen-bond acceptors (Lipinski definition) is 5. The lowest BCUT2D eigenvalue weighted by Gasteiger charge is -2.12. The van der Waals surface area contributed by atoms with Crippen LogP contribution in [0, 0.1) is 0 Å². The fourth-order valence-corrected chi connectivity index (χ4v) is 1.87. The third kappa shape index (κ3) is 3.45.